The van der Waals surface area contributed by atoms with Gasteiger partial charge in [0, 0.05) is 12.7 Å². The van der Waals surface area contributed by atoms with Crippen LogP contribution in [0.4, 0.5) is 5.82 Å². The summed E-state index contributed by atoms with van der Waals surface area (Å²) < 4.78 is 4.81. The molecule has 0 aliphatic rings. The number of pyridine rings is 1. The van der Waals surface area contributed by atoms with Crippen LogP contribution in [0, 0.1) is 0 Å². The Balaban J connectivity index is 2.40. The second-order valence-electron chi connectivity index (χ2n) is 4.32. The normalized spacial score (nSPS) is 10.5. The van der Waals surface area contributed by atoms with Gasteiger partial charge in [-0.05, 0) is 20.0 Å². The minimum Gasteiger partial charge on any atom is -0.466 e. The number of aromatic nitrogens is 1. The van der Waals surface area contributed by atoms with Gasteiger partial charge in [-0.15, -0.1) is 0 Å². The first kappa shape index (κ1) is 17.7. The molecular weight excluding hydrogens is 317 g/mol. The third-order valence-electron chi connectivity index (χ3n) is 2.48. The molecule has 0 bridgehead atoms. The maximum atomic E-state index is 11.8. The molecule has 1 aromatic heterocycles. The van der Waals surface area contributed by atoms with Crippen LogP contribution in [0.2, 0.25) is 10.0 Å². The van der Waals surface area contributed by atoms with Crippen LogP contribution in [0.3, 0.4) is 0 Å². The average molecular weight is 334 g/mol. The number of hydrogen-bond acceptors (Lipinski definition) is 5. The summed E-state index contributed by atoms with van der Waals surface area (Å²) in [5.74, 6) is -0.310. The number of anilines is 1. The lowest BCUT2D eigenvalue weighted by atomic mass is 10.4. The predicted octanol–water partition coefficient (Wildman–Crippen LogP) is 2.21. The fourth-order valence-electron chi connectivity index (χ4n) is 1.52. The number of carbonyl (C=O) groups is 2. The molecule has 0 atom stereocenters. The van der Waals surface area contributed by atoms with Gasteiger partial charge in [0.15, 0.2) is 5.82 Å². The van der Waals surface area contributed by atoms with Crippen molar-refractivity contribution in [2.24, 2.45) is 0 Å². The third-order valence-corrected chi connectivity index (χ3v) is 2.98. The molecule has 0 radical (unpaired) electrons. The number of rotatable bonds is 7. The van der Waals surface area contributed by atoms with E-state index in [9.17, 15) is 9.59 Å². The quantitative estimate of drug-likeness (QED) is 0.774. The maximum absolute atomic E-state index is 11.8. The Labute approximate surface area is 133 Å². The average Bonchev–Trinajstić information content (AvgIpc) is 2.40. The van der Waals surface area contributed by atoms with Gasteiger partial charge in [-0.3, -0.25) is 14.5 Å². The van der Waals surface area contributed by atoms with Crippen molar-refractivity contribution in [2.45, 2.75) is 13.3 Å². The molecule has 1 heterocycles. The minimum atomic E-state index is -0.285. The summed E-state index contributed by atoms with van der Waals surface area (Å²) in [5, 5.41) is 3.24. The zero-order valence-electron chi connectivity index (χ0n) is 11.9. The van der Waals surface area contributed by atoms with Crippen LogP contribution in [0.5, 0.6) is 0 Å². The van der Waals surface area contributed by atoms with E-state index in [2.05, 4.69) is 10.3 Å². The van der Waals surface area contributed by atoms with Crippen LogP contribution in [-0.2, 0) is 14.3 Å². The summed E-state index contributed by atoms with van der Waals surface area (Å²) in [6, 6.07) is 1.50. The lowest BCUT2D eigenvalue weighted by Crippen LogP contribution is -2.32. The van der Waals surface area contributed by atoms with E-state index in [1.54, 1.807) is 18.9 Å². The van der Waals surface area contributed by atoms with Gasteiger partial charge in [0.05, 0.1) is 29.6 Å². The lowest BCUT2D eigenvalue weighted by molar-refractivity contribution is -0.143. The fraction of sp³-hybridized carbons (Fsp3) is 0.462. The van der Waals surface area contributed by atoms with Crippen molar-refractivity contribution in [3.05, 3.63) is 22.3 Å². The van der Waals surface area contributed by atoms with E-state index in [0.29, 0.717) is 18.2 Å². The number of halogens is 2. The van der Waals surface area contributed by atoms with E-state index in [1.165, 1.54) is 12.3 Å². The molecule has 0 saturated heterocycles. The standard InChI is InChI=1S/C13H17Cl2N3O3/c1-3-21-12(20)4-5-18(2)8-11(19)17-13-10(15)6-9(14)7-16-13/h6-7H,3-5,8H2,1-2H3,(H,16,17,19). The van der Waals surface area contributed by atoms with Gasteiger partial charge in [0.2, 0.25) is 5.91 Å². The van der Waals surface area contributed by atoms with Gasteiger partial charge >= 0.3 is 5.97 Å². The van der Waals surface area contributed by atoms with Gasteiger partial charge in [0.1, 0.15) is 0 Å². The first-order chi connectivity index (χ1) is 9.92. The third kappa shape index (κ3) is 6.75. The largest absolute Gasteiger partial charge is 0.466 e. The molecule has 0 unspecified atom stereocenters. The highest BCUT2D eigenvalue weighted by Crippen LogP contribution is 2.22. The molecule has 0 saturated carbocycles. The van der Waals surface area contributed by atoms with E-state index in [-0.39, 0.29) is 35.7 Å². The second kappa shape index (κ2) is 8.81. The molecule has 1 aromatic rings. The minimum absolute atomic E-state index is 0.111. The van der Waals surface area contributed by atoms with Crippen molar-refractivity contribution in [3.8, 4) is 0 Å². The number of hydrogen-bond donors (Lipinski definition) is 1. The van der Waals surface area contributed by atoms with Crippen molar-refractivity contribution in [3.63, 3.8) is 0 Å². The molecule has 0 aliphatic carbocycles. The van der Waals surface area contributed by atoms with Crippen LogP contribution in [-0.4, -0.2) is 48.5 Å². The van der Waals surface area contributed by atoms with Crippen molar-refractivity contribution in [1.82, 2.24) is 9.88 Å². The van der Waals surface area contributed by atoms with Crippen molar-refractivity contribution < 1.29 is 14.3 Å². The Morgan fingerprint density at radius 2 is 2.14 bits per heavy atom. The van der Waals surface area contributed by atoms with Crippen LogP contribution >= 0.6 is 23.2 Å². The van der Waals surface area contributed by atoms with Gasteiger partial charge < -0.3 is 10.1 Å². The Morgan fingerprint density at radius 1 is 1.43 bits per heavy atom. The molecule has 1 rings (SSSR count). The topological polar surface area (TPSA) is 71.5 Å². The molecule has 6 nitrogen and oxygen atoms in total. The summed E-state index contributed by atoms with van der Waals surface area (Å²) in [4.78, 5) is 28.7. The van der Waals surface area contributed by atoms with E-state index >= 15 is 0 Å². The molecule has 116 valence electrons. The van der Waals surface area contributed by atoms with Crippen molar-refractivity contribution in [1.29, 1.82) is 0 Å². The van der Waals surface area contributed by atoms with Gasteiger partial charge in [-0.25, -0.2) is 4.98 Å². The zero-order valence-corrected chi connectivity index (χ0v) is 13.4. The highest BCUT2D eigenvalue weighted by Gasteiger charge is 2.11. The molecule has 1 amide bonds. The van der Waals surface area contributed by atoms with Crippen molar-refractivity contribution in [2.75, 3.05) is 32.1 Å². The Hall–Kier alpha value is -1.37. The molecule has 1 N–H and O–H groups in total. The molecule has 8 heteroatoms. The van der Waals surface area contributed by atoms with Crippen LogP contribution < -0.4 is 5.32 Å². The fourth-order valence-corrected chi connectivity index (χ4v) is 1.94. The van der Waals surface area contributed by atoms with E-state index < -0.39 is 0 Å². The van der Waals surface area contributed by atoms with Gasteiger partial charge in [0.25, 0.3) is 0 Å². The van der Waals surface area contributed by atoms with Crippen LogP contribution in [0.1, 0.15) is 13.3 Å². The number of esters is 1. The predicted molar refractivity (Wildman–Crippen MR) is 81.6 cm³/mol. The molecule has 21 heavy (non-hydrogen) atoms. The van der Waals surface area contributed by atoms with E-state index in [4.69, 9.17) is 27.9 Å². The van der Waals surface area contributed by atoms with Crippen LogP contribution in [0.25, 0.3) is 0 Å². The monoisotopic (exact) mass is 333 g/mol. The number of likely N-dealkylation sites (N-methyl/N-ethyl adjacent to an activating group) is 1. The van der Waals surface area contributed by atoms with Crippen molar-refractivity contribution >= 4 is 40.9 Å². The number of nitrogens with one attached hydrogen (secondary N) is 1. The number of amides is 1. The molecule has 0 aromatic carbocycles. The van der Waals surface area contributed by atoms with E-state index in [1.807, 2.05) is 0 Å². The molecule has 0 fully saturated rings. The van der Waals surface area contributed by atoms with Crippen LogP contribution in [0.15, 0.2) is 12.3 Å². The Morgan fingerprint density at radius 3 is 2.76 bits per heavy atom. The summed E-state index contributed by atoms with van der Waals surface area (Å²) in [5.41, 5.74) is 0. The Bertz CT molecular complexity index is 511. The first-order valence-electron chi connectivity index (χ1n) is 6.37. The molecule has 0 aliphatic heterocycles. The second-order valence-corrected chi connectivity index (χ2v) is 5.17. The summed E-state index contributed by atoms with van der Waals surface area (Å²) >= 11 is 11.6. The smallest absolute Gasteiger partial charge is 0.307 e. The molecule has 0 spiro atoms. The van der Waals surface area contributed by atoms with E-state index in [0.717, 1.165) is 0 Å². The number of nitrogens with zero attached hydrogens (tertiary/aromatic N) is 2. The Kier molecular flexibility index (Phi) is 7.42. The number of carbonyl (C=O) groups excluding carboxylic acids is 2. The van der Waals surface area contributed by atoms with Gasteiger partial charge in [-0.1, -0.05) is 23.2 Å². The number of ether oxygens (including phenoxy) is 1. The summed E-state index contributed by atoms with van der Waals surface area (Å²) in [7, 11) is 1.73. The molecular formula is C13H17Cl2N3O3. The lowest BCUT2D eigenvalue weighted by Gasteiger charge is -2.15. The summed E-state index contributed by atoms with van der Waals surface area (Å²) in [6.07, 6.45) is 1.63. The maximum Gasteiger partial charge on any atom is 0.307 e. The summed E-state index contributed by atoms with van der Waals surface area (Å²) in [6.45, 7) is 2.63. The SMILES string of the molecule is CCOC(=O)CCN(C)CC(=O)Nc1ncc(Cl)cc1Cl. The first-order valence-corrected chi connectivity index (χ1v) is 7.13. The highest BCUT2D eigenvalue weighted by molar-refractivity contribution is 6.36. The highest BCUT2D eigenvalue weighted by atomic mass is 35.5. The zero-order chi connectivity index (χ0) is 15.8. The van der Waals surface area contributed by atoms with Gasteiger partial charge in [-0.2, -0.15) is 0 Å².